The van der Waals surface area contributed by atoms with Crippen LogP contribution in [0, 0.1) is 5.82 Å². The molecule has 0 aliphatic heterocycles. The number of aromatic nitrogens is 1. The van der Waals surface area contributed by atoms with Crippen LogP contribution in [0.1, 0.15) is 15.9 Å². The summed E-state index contributed by atoms with van der Waals surface area (Å²) in [7, 11) is 0. The quantitative estimate of drug-likeness (QED) is 0.650. The summed E-state index contributed by atoms with van der Waals surface area (Å²) in [4.78, 5) is 15.4. The Balaban J connectivity index is 2.13. The summed E-state index contributed by atoms with van der Waals surface area (Å²) in [6, 6.07) is 9.36. The highest BCUT2D eigenvalue weighted by molar-refractivity contribution is 9.10. The van der Waals surface area contributed by atoms with E-state index < -0.39 is 0 Å². The van der Waals surface area contributed by atoms with Crippen LogP contribution >= 0.6 is 27.5 Å². The van der Waals surface area contributed by atoms with Gasteiger partial charge in [0, 0.05) is 32.7 Å². The average Bonchev–Trinajstić information content (AvgIpc) is 2.80. The highest BCUT2D eigenvalue weighted by Crippen LogP contribution is 2.27. The molecule has 0 aliphatic rings. The van der Waals surface area contributed by atoms with Crippen molar-refractivity contribution in [1.82, 2.24) is 4.98 Å². The summed E-state index contributed by atoms with van der Waals surface area (Å²) in [6.45, 7) is 0. The fourth-order valence-electron chi connectivity index (χ4n) is 2.10. The summed E-state index contributed by atoms with van der Waals surface area (Å²) >= 11 is 9.39. The van der Waals surface area contributed by atoms with Gasteiger partial charge in [0.05, 0.1) is 5.02 Å². The van der Waals surface area contributed by atoms with E-state index in [2.05, 4.69) is 20.9 Å². The molecular weight excluding hydrogens is 345 g/mol. The number of rotatable bonds is 2. The number of benzene rings is 2. The molecule has 1 aromatic heterocycles. The Hall–Kier alpha value is -1.65. The van der Waals surface area contributed by atoms with Gasteiger partial charge in [-0.1, -0.05) is 27.5 Å². The number of halogens is 3. The van der Waals surface area contributed by atoms with Crippen LogP contribution in [0.15, 0.2) is 47.1 Å². The molecule has 0 spiro atoms. The van der Waals surface area contributed by atoms with Crippen molar-refractivity contribution in [2.24, 2.45) is 0 Å². The van der Waals surface area contributed by atoms with Gasteiger partial charge >= 0.3 is 0 Å². The third-order valence-corrected chi connectivity index (χ3v) is 3.87. The van der Waals surface area contributed by atoms with E-state index in [0.717, 1.165) is 4.47 Å². The Morgan fingerprint density at radius 3 is 2.70 bits per heavy atom. The number of nitrogens with one attached hydrogen (secondary N) is 1. The molecule has 1 N–H and O–H groups in total. The third-order valence-electron chi connectivity index (χ3n) is 3.06. The number of hydrogen-bond acceptors (Lipinski definition) is 1. The zero-order valence-corrected chi connectivity index (χ0v) is 12.4. The lowest BCUT2D eigenvalue weighted by atomic mass is 10.0. The van der Waals surface area contributed by atoms with Gasteiger partial charge in [0.25, 0.3) is 0 Å². The fraction of sp³-hybridized carbons (Fsp3) is 0. The van der Waals surface area contributed by atoms with E-state index in [4.69, 9.17) is 11.6 Å². The lowest BCUT2D eigenvalue weighted by Crippen LogP contribution is -2.01. The first-order chi connectivity index (χ1) is 9.56. The molecule has 0 radical (unpaired) electrons. The maximum Gasteiger partial charge on any atom is 0.196 e. The second kappa shape index (κ2) is 5.04. The molecule has 3 aromatic rings. The number of hydrogen-bond donors (Lipinski definition) is 1. The van der Waals surface area contributed by atoms with Crippen molar-refractivity contribution in [1.29, 1.82) is 0 Å². The molecule has 0 aliphatic carbocycles. The number of carbonyl (C=O) groups excluding carboxylic acids is 1. The average molecular weight is 353 g/mol. The minimum absolute atomic E-state index is 0.194. The molecule has 3 rings (SSSR count). The third kappa shape index (κ3) is 2.25. The lowest BCUT2D eigenvalue weighted by Gasteiger charge is -2.03. The molecule has 0 saturated heterocycles. The topological polar surface area (TPSA) is 32.9 Å². The molecule has 0 atom stereocenters. The molecule has 0 fully saturated rings. The maximum atomic E-state index is 13.1. The standard InChI is InChI=1S/C15H8BrClFNO/c16-8-1-3-11(13(17)5-8)15(20)12-7-19-14-6-9(18)2-4-10(12)14/h1-7,19H. The van der Waals surface area contributed by atoms with Gasteiger partial charge < -0.3 is 4.98 Å². The molecule has 0 bridgehead atoms. The number of fused-ring (bicyclic) bond motifs is 1. The molecule has 0 unspecified atom stereocenters. The SMILES string of the molecule is O=C(c1ccc(Br)cc1Cl)c1c[nH]c2cc(F)ccc12. The van der Waals surface area contributed by atoms with Crippen molar-refractivity contribution in [3.8, 4) is 0 Å². The van der Waals surface area contributed by atoms with Crippen LogP contribution in [0.5, 0.6) is 0 Å². The summed E-state index contributed by atoms with van der Waals surface area (Å²) in [5, 5.41) is 1.05. The van der Waals surface area contributed by atoms with Gasteiger partial charge in [-0.25, -0.2) is 4.39 Å². The second-order valence-corrected chi connectivity index (χ2v) is 5.67. The van der Waals surface area contributed by atoms with Crippen molar-refractivity contribution in [3.63, 3.8) is 0 Å². The Morgan fingerprint density at radius 1 is 1.15 bits per heavy atom. The van der Waals surface area contributed by atoms with Crippen LogP contribution in [0.4, 0.5) is 4.39 Å². The van der Waals surface area contributed by atoms with E-state index in [-0.39, 0.29) is 11.6 Å². The van der Waals surface area contributed by atoms with E-state index >= 15 is 0 Å². The Labute approximate surface area is 127 Å². The highest BCUT2D eigenvalue weighted by Gasteiger charge is 2.17. The molecular formula is C15H8BrClFNO. The lowest BCUT2D eigenvalue weighted by molar-refractivity contribution is 0.104. The van der Waals surface area contributed by atoms with Crippen LogP contribution in [0.2, 0.25) is 5.02 Å². The van der Waals surface area contributed by atoms with Gasteiger partial charge in [0.1, 0.15) is 5.82 Å². The summed E-state index contributed by atoms with van der Waals surface area (Å²) in [5.74, 6) is -0.541. The predicted octanol–water partition coefficient (Wildman–Crippen LogP) is 4.95. The molecule has 5 heteroatoms. The van der Waals surface area contributed by atoms with Crippen molar-refractivity contribution in [2.45, 2.75) is 0 Å². The van der Waals surface area contributed by atoms with E-state index in [1.807, 2.05) is 0 Å². The fourth-order valence-corrected chi connectivity index (χ4v) is 2.86. The monoisotopic (exact) mass is 351 g/mol. The number of H-pyrrole nitrogens is 1. The van der Waals surface area contributed by atoms with Gasteiger partial charge in [-0.3, -0.25) is 4.79 Å². The highest BCUT2D eigenvalue weighted by atomic mass is 79.9. The Bertz CT molecular complexity index is 828. The van der Waals surface area contributed by atoms with Crippen molar-refractivity contribution < 1.29 is 9.18 Å². The largest absolute Gasteiger partial charge is 0.360 e. The summed E-state index contributed by atoms with van der Waals surface area (Å²) < 4.78 is 14.0. The molecule has 2 nitrogen and oxygen atoms in total. The maximum absolute atomic E-state index is 13.1. The van der Waals surface area contributed by atoms with Gasteiger partial charge in [-0.15, -0.1) is 0 Å². The molecule has 100 valence electrons. The molecule has 1 heterocycles. The first-order valence-corrected chi connectivity index (χ1v) is 7.00. The number of aromatic amines is 1. The van der Waals surface area contributed by atoms with Crippen LogP contribution in [0.25, 0.3) is 10.9 Å². The van der Waals surface area contributed by atoms with Crippen LogP contribution in [0.3, 0.4) is 0 Å². The zero-order chi connectivity index (χ0) is 14.3. The van der Waals surface area contributed by atoms with Crippen LogP contribution in [-0.4, -0.2) is 10.8 Å². The summed E-state index contributed by atoms with van der Waals surface area (Å²) in [5.41, 5.74) is 1.48. The molecule has 0 saturated carbocycles. The number of carbonyl (C=O) groups is 1. The van der Waals surface area contributed by atoms with Gasteiger partial charge in [-0.05, 0) is 36.4 Å². The van der Waals surface area contributed by atoms with E-state index in [1.54, 1.807) is 30.5 Å². The van der Waals surface area contributed by atoms with E-state index in [1.165, 1.54) is 12.1 Å². The van der Waals surface area contributed by atoms with E-state index in [9.17, 15) is 9.18 Å². The molecule has 0 amide bonds. The first kappa shape index (κ1) is 13.3. The van der Waals surface area contributed by atoms with Gasteiger partial charge in [-0.2, -0.15) is 0 Å². The second-order valence-electron chi connectivity index (χ2n) is 4.35. The summed E-state index contributed by atoms with van der Waals surface area (Å²) in [6.07, 6.45) is 1.57. The predicted molar refractivity (Wildman–Crippen MR) is 80.8 cm³/mol. The first-order valence-electron chi connectivity index (χ1n) is 5.82. The molecule has 20 heavy (non-hydrogen) atoms. The molecule has 2 aromatic carbocycles. The smallest absolute Gasteiger partial charge is 0.196 e. The minimum atomic E-state index is -0.347. The van der Waals surface area contributed by atoms with Crippen LogP contribution in [-0.2, 0) is 0 Å². The Kier molecular flexibility index (Phi) is 3.36. The van der Waals surface area contributed by atoms with Crippen molar-refractivity contribution >= 4 is 44.2 Å². The van der Waals surface area contributed by atoms with Crippen molar-refractivity contribution in [2.75, 3.05) is 0 Å². The zero-order valence-electron chi connectivity index (χ0n) is 10.1. The van der Waals surface area contributed by atoms with E-state index in [0.29, 0.717) is 27.1 Å². The Morgan fingerprint density at radius 2 is 1.95 bits per heavy atom. The minimum Gasteiger partial charge on any atom is -0.360 e. The van der Waals surface area contributed by atoms with Gasteiger partial charge in [0.15, 0.2) is 5.78 Å². The normalized spacial score (nSPS) is 10.9. The van der Waals surface area contributed by atoms with Crippen LogP contribution < -0.4 is 0 Å². The number of ketones is 1. The van der Waals surface area contributed by atoms with Gasteiger partial charge in [0.2, 0.25) is 0 Å². The van der Waals surface area contributed by atoms with Crippen molar-refractivity contribution in [3.05, 3.63) is 69.0 Å².